The molecule has 1 aromatic carbocycles. The average Bonchev–Trinajstić information content (AvgIpc) is 3.09. The smallest absolute Gasteiger partial charge is 0.319 e. The number of aromatic nitrogens is 1. The zero-order valence-electron chi connectivity index (χ0n) is 13.3. The van der Waals surface area contributed by atoms with Gasteiger partial charge in [0.1, 0.15) is 0 Å². The van der Waals surface area contributed by atoms with E-state index < -0.39 is 6.10 Å². The monoisotopic (exact) mass is 341 g/mol. The highest BCUT2D eigenvalue weighted by Gasteiger charge is 2.15. The van der Waals surface area contributed by atoms with Crippen molar-refractivity contribution in [3.63, 3.8) is 0 Å². The van der Waals surface area contributed by atoms with Crippen LogP contribution in [0.3, 0.4) is 0 Å². The molecular weight excluding hydrogens is 322 g/mol. The first-order valence-electron chi connectivity index (χ1n) is 7.76. The molecule has 5 nitrogen and oxygen atoms in total. The maximum Gasteiger partial charge on any atom is 0.319 e. The number of nitrogens with one attached hydrogen (secondary N) is 2. The van der Waals surface area contributed by atoms with Crippen LogP contribution in [0.1, 0.15) is 24.3 Å². The molecule has 0 saturated heterocycles. The number of aliphatic hydroxyl groups excluding tert-OH is 1. The van der Waals surface area contributed by atoms with Gasteiger partial charge >= 0.3 is 6.03 Å². The number of rotatable bonds is 5. The van der Waals surface area contributed by atoms with Gasteiger partial charge in [0.15, 0.2) is 0 Å². The van der Waals surface area contributed by atoms with Crippen molar-refractivity contribution in [3.8, 4) is 0 Å². The van der Waals surface area contributed by atoms with Gasteiger partial charge in [-0.05, 0) is 36.9 Å². The Bertz CT molecular complexity index is 815. The highest BCUT2D eigenvalue weighted by atomic mass is 32.1. The van der Waals surface area contributed by atoms with Crippen molar-refractivity contribution in [1.29, 1.82) is 0 Å². The number of aliphatic hydroxyl groups is 1. The van der Waals surface area contributed by atoms with Crippen LogP contribution in [-0.2, 0) is 0 Å². The van der Waals surface area contributed by atoms with Gasteiger partial charge in [-0.25, -0.2) is 4.79 Å². The number of hydrogen-bond acceptors (Lipinski definition) is 4. The van der Waals surface area contributed by atoms with Gasteiger partial charge in [-0.1, -0.05) is 24.3 Å². The number of para-hydroxylation sites is 1. The van der Waals surface area contributed by atoms with Crippen molar-refractivity contribution < 1.29 is 9.90 Å². The number of thiophene rings is 1. The van der Waals surface area contributed by atoms with Crippen LogP contribution in [0.5, 0.6) is 0 Å². The van der Waals surface area contributed by atoms with Gasteiger partial charge in [0.2, 0.25) is 0 Å². The molecule has 2 atom stereocenters. The lowest BCUT2D eigenvalue weighted by molar-refractivity contribution is 0.158. The molecule has 3 rings (SSSR count). The van der Waals surface area contributed by atoms with Crippen LogP contribution in [0.25, 0.3) is 10.9 Å². The summed E-state index contributed by atoms with van der Waals surface area (Å²) in [6, 6.07) is 12.8. The molecule has 0 aliphatic carbocycles. The maximum absolute atomic E-state index is 12.2. The molecule has 3 aromatic rings. The van der Waals surface area contributed by atoms with E-state index in [1.807, 2.05) is 54.8 Å². The Balaban J connectivity index is 1.60. The number of carbonyl (C=O) groups excluding carboxylic acids is 1. The van der Waals surface area contributed by atoms with E-state index in [0.29, 0.717) is 12.1 Å². The molecule has 0 unspecified atom stereocenters. The van der Waals surface area contributed by atoms with Crippen molar-refractivity contribution in [2.75, 3.05) is 5.32 Å². The van der Waals surface area contributed by atoms with Crippen molar-refractivity contribution >= 4 is 34.0 Å². The van der Waals surface area contributed by atoms with E-state index in [0.717, 1.165) is 15.8 Å². The van der Waals surface area contributed by atoms with Crippen LogP contribution < -0.4 is 10.6 Å². The molecule has 3 N–H and O–H groups in total. The molecule has 6 heteroatoms. The van der Waals surface area contributed by atoms with Crippen molar-refractivity contribution in [2.45, 2.75) is 25.5 Å². The number of fused-ring (bicyclic) bond motifs is 1. The van der Waals surface area contributed by atoms with Crippen LogP contribution in [0, 0.1) is 0 Å². The molecule has 0 spiro atoms. The summed E-state index contributed by atoms with van der Waals surface area (Å²) in [5.41, 5.74) is 1.41. The summed E-state index contributed by atoms with van der Waals surface area (Å²) in [6.45, 7) is 1.87. The Morgan fingerprint density at radius 1 is 1.25 bits per heavy atom. The first kappa shape index (κ1) is 16.4. The first-order valence-corrected chi connectivity index (χ1v) is 8.64. The van der Waals surface area contributed by atoms with E-state index in [1.54, 1.807) is 6.20 Å². The van der Waals surface area contributed by atoms with Crippen LogP contribution in [0.4, 0.5) is 10.5 Å². The number of carbonyl (C=O) groups is 1. The lowest BCUT2D eigenvalue weighted by Crippen LogP contribution is -2.37. The minimum Gasteiger partial charge on any atom is -0.387 e. The van der Waals surface area contributed by atoms with Crippen molar-refractivity contribution in [2.24, 2.45) is 0 Å². The zero-order valence-corrected chi connectivity index (χ0v) is 14.1. The van der Waals surface area contributed by atoms with Gasteiger partial charge in [-0.15, -0.1) is 11.3 Å². The number of amides is 2. The van der Waals surface area contributed by atoms with Crippen LogP contribution in [0.2, 0.25) is 0 Å². The van der Waals surface area contributed by atoms with Gasteiger partial charge in [0.25, 0.3) is 0 Å². The van der Waals surface area contributed by atoms with Crippen molar-refractivity contribution in [1.82, 2.24) is 10.3 Å². The molecule has 2 heterocycles. The standard InChI is InChI=1S/C18H19N3O2S/c1-12(11-15(22)16-8-4-10-24-16)20-18(23)21-14-7-2-5-13-6-3-9-19-17(13)14/h2-10,12,15,22H,11H2,1H3,(H2,20,21,23)/t12-,15+/m1/s1. The van der Waals surface area contributed by atoms with E-state index in [2.05, 4.69) is 15.6 Å². The highest BCUT2D eigenvalue weighted by molar-refractivity contribution is 7.10. The molecular formula is C18H19N3O2S. The third kappa shape index (κ3) is 3.90. The number of hydrogen-bond donors (Lipinski definition) is 3. The van der Waals surface area contributed by atoms with Crippen molar-refractivity contribution in [3.05, 3.63) is 58.9 Å². The molecule has 2 aromatic heterocycles. The predicted octanol–water partition coefficient (Wildman–Crippen LogP) is 3.93. The van der Waals surface area contributed by atoms with E-state index in [9.17, 15) is 9.90 Å². The fourth-order valence-electron chi connectivity index (χ4n) is 2.58. The van der Waals surface area contributed by atoms with E-state index in [1.165, 1.54) is 11.3 Å². The number of nitrogens with zero attached hydrogens (tertiary/aromatic N) is 1. The minimum absolute atomic E-state index is 0.162. The lowest BCUT2D eigenvalue weighted by Gasteiger charge is -2.18. The lowest BCUT2D eigenvalue weighted by atomic mass is 10.1. The van der Waals surface area contributed by atoms with Gasteiger partial charge in [-0.3, -0.25) is 4.98 Å². The highest BCUT2D eigenvalue weighted by Crippen LogP contribution is 2.23. The maximum atomic E-state index is 12.2. The van der Waals surface area contributed by atoms with Crippen LogP contribution in [0.15, 0.2) is 54.0 Å². The summed E-state index contributed by atoms with van der Waals surface area (Å²) < 4.78 is 0. The summed E-state index contributed by atoms with van der Waals surface area (Å²) in [6.07, 6.45) is 1.59. The Morgan fingerprint density at radius 2 is 2.08 bits per heavy atom. The largest absolute Gasteiger partial charge is 0.387 e. The molecule has 0 bridgehead atoms. The Kier molecular flexibility index (Phi) is 5.08. The van der Waals surface area contributed by atoms with E-state index >= 15 is 0 Å². The van der Waals surface area contributed by atoms with Gasteiger partial charge < -0.3 is 15.7 Å². The second-order valence-electron chi connectivity index (χ2n) is 5.65. The van der Waals surface area contributed by atoms with Gasteiger partial charge in [0.05, 0.1) is 17.3 Å². The fourth-order valence-corrected chi connectivity index (χ4v) is 3.30. The normalized spacial score (nSPS) is 13.4. The number of pyridine rings is 1. The van der Waals surface area contributed by atoms with Crippen LogP contribution >= 0.6 is 11.3 Å². The second-order valence-corrected chi connectivity index (χ2v) is 6.63. The molecule has 0 aliphatic rings. The predicted molar refractivity (Wildman–Crippen MR) is 97.3 cm³/mol. The zero-order chi connectivity index (χ0) is 16.9. The van der Waals surface area contributed by atoms with Crippen LogP contribution in [-0.4, -0.2) is 22.2 Å². The van der Waals surface area contributed by atoms with Gasteiger partial charge in [0, 0.05) is 22.5 Å². The summed E-state index contributed by atoms with van der Waals surface area (Å²) in [7, 11) is 0. The Hall–Kier alpha value is -2.44. The Morgan fingerprint density at radius 3 is 2.88 bits per heavy atom. The van der Waals surface area contributed by atoms with E-state index in [-0.39, 0.29) is 12.1 Å². The first-order chi connectivity index (χ1) is 11.6. The fraction of sp³-hybridized carbons (Fsp3) is 0.222. The summed E-state index contributed by atoms with van der Waals surface area (Å²) in [5.74, 6) is 0. The second kappa shape index (κ2) is 7.42. The third-order valence-electron chi connectivity index (χ3n) is 3.71. The molecule has 0 saturated carbocycles. The SMILES string of the molecule is C[C@H](C[C@H](O)c1cccs1)NC(=O)Nc1cccc2cccnc12. The third-order valence-corrected chi connectivity index (χ3v) is 4.68. The summed E-state index contributed by atoms with van der Waals surface area (Å²) in [4.78, 5) is 17.4. The topological polar surface area (TPSA) is 74.2 Å². The quantitative estimate of drug-likeness (QED) is 0.658. The summed E-state index contributed by atoms with van der Waals surface area (Å²) >= 11 is 1.51. The molecule has 0 radical (unpaired) electrons. The number of urea groups is 1. The molecule has 24 heavy (non-hydrogen) atoms. The molecule has 0 fully saturated rings. The molecule has 0 aliphatic heterocycles. The summed E-state index contributed by atoms with van der Waals surface area (Å²) in [5, 5.41) is 18.7. The minimum atomic E-state index is -0.570. The number of benzene rings is 1. The number of anilines is 1. The Labute approximate surface area is 144 Å². The van der Waals surface area contributed by atoms with Gasteiger partial charge in [-0.2, -0.15) is 0 Å². The molecule has 2 amide bonds. The van der Waals surface area contributed by atoms with E-state index in [4.69, 9.17) is 0 Å². The average molecular weight is 341 g/mol. The molecule has 124 valence electrons.